The first-order valence-corrected chi connectivity index (χ1v) is 12.9. The lowest BCUT2D eigenvalue weighted by Crippen LogP contribution is -2.35. The van der Waals surface area contributed by atoms with E-state index in [-0.39, 0.29) is 35.9 Å². The molecule has 4 rings (SSSR count). The molecule has 0 atom stereocenters. The van der Waals surface area contributed by atoms with Gasteiger partial charge in [-0.15, -0.1) is 0 Å². The van der Waals surface area contributed by atoms with Crippen LogP contribution in [0.1, 0.15) is 41.5 Å². The topological polar surface area (TPSA) is 130 Å². The zero-order valence-corrected chi connectivity index (χ0v) is 21.6. The van der Waals surface area contributed by atoms with Crippen molar-refractivity contribution in [2.75, 3.05) is 32.0 Å². The van der Waals surface area contributed by atoms with Crippen molar-refractivity contribution in [3.05, 3.63) is 71.8 Å². The Balaban J connectivity index is 1.66. The zero-order valence-electron chi connectivity index (χ0n) is 20.8. The lowest BCUT2D eigenvalue weighted by Gasteiger charge is -2.18. The number of halogens is 1. The summed E-state index contributed by atoms with van der Waals surface area (Å²) < 4.78 is 48.6. The number of carbonyl (C=O) groups excluding carboxylic acids is 1. The summed E-state index contributed by atoms with van der Waals surface area (Å²) in [5.41, 5.74) is 1.44. The molecule has 0 bridgehead atoms. The van der Waals surface area contributed by atoms with Gasteiger partial charge in [0.05, 0.1) is 17.9 Å². The lowest BCUT2D eigenvalue weighted by atomic mass is 10.0. The molecule has 12 heteroatoms. The maximum absolute atomic E-state index is 15.4. The van der Waals surface area contributed by atoms with Gasteiger partial charge in [-0.1, -0.05) is 19.9 Å². The van der Waals surface area contributed by atoms with Gasteiger partial charge in [-0.05, 0) is 18.2 Å². The average molecular weight is 527 g/mol. The van der Waals surface area contributed by atoms with Crippen LogP contribution in [0.25, 0.3) is 22.2 Å². The number of methoxy groups -OCH3 is 1. The first-order valence-electron chi connectivity index (χ1n) is 11.5. The van der Waals surface area contributed by atoms with Crippen molar-refractivity contribution in [2.45, 2.75) is 19.8 Å². The van der Waals surface area contributed by atoms with Gasteiger partial charge < -0.3 is 9.72 Å². The third-order valence-corrected chi connectivity index (χ3v) is 7.28. The Hall–Kier alpha value is -3.74. The fourth-order valence-corrected chi connectivity index (χ4v) is 4.53. The minimum absolute atomic E-state index is 0.0714. The quantitative estimate of drug-likeness (QED) is 0.301. The van der Waals surface area contributed by atoms with E-state index in [4.69, 9.17) is 4.74 Å². The molecule has 37 heavy (non-hydrogen) atoms. The minimum Gasteiger partial charge on any atom is -0.383 e. The monoisotopic (exact) mass is 526 g/mol. The number of ether oxygens (including phenoxy) is 1. The number of pyridine rings is 1. The highest BCUT2D eigenvalue weighted by atomic mass is 32.2. The van der Waals surface area contributed by atoms with Gasteiger partial charge in [0, 0.05) is 73.5 Å². The summed E-state index contributed by atoms with van der Waals surface area (Å²) in [7, 11) is -1.27. The van der Waals surface area contributed by atoms with Crippen LogP contribution in [0.3, 0.4) is 0 Å². The fraction of sp³-hybridized carbons (Fsp3) is 0.280. The van der Waals surface area contributed by atoms with Gasteiger partial charge in [-0.3, -0.25) is 9.52 Å². The molecule has 10 nitrogen and oxygen atoms in total. The number of nitrogens with zero attached hydrogens (tertiary/aromatic N) is 4. The average Bonchev–Trinajstić information content (AvgIpc) is 3.31. The molecule has 0 saturated carbocycles. The highest BCUT2D eigenvalue weighted by molar-refractivity contribution is 7.90. The van der Waals surface area contributed by atoms with Crippen LogP contribution in [0.15, 0.2) is 49.1 Å². The van der Waals surface area contributed by atoms with E-state index >= 15 is 4.39 Å². The Bertz CT molecular complexity index is 1540. The second-order valence-electron chi connectivity index (χ2n) is 8.72. The van der Waals surface area contributed by atoms with Crippen LogP contribution in [0.4, 0.5) is 10.1 Å². The smallest absolute Gasteiger partial charge is 0.301 e. The lowest BCUT2D eigenvalue weighted by molar-refractivity contribution is 0.103. The number of aromatic amines is 1. The molecule has 2 N–H and O–H groups in total. The molecule has 0 aliphatic rings. The number of H-pyrrole nitrogens is 1. The van der Waals surface area contributed by atoms with Crippen LogP contribution in [0.5, 0.6) is 0 Å². The summed E-state index contributed by atoms with van der Waals surface area (Å²) >= 11 is 0. The van der Waals surface area contributed by atoms with E-state index in [1.165, 1.54) is 38.6 Å². The highest BCUT2D eigenvalue weighted by Crippen LogP contribution is 2.28. The van der Waals surface area contributed by atoms with Crippen LogP contribution in [-0.2, 0) is 14.9 Å². The van der Waals surface area contributed by atoms with Crippen LogP contribution >= 0.6 is 0 Å². The third-order valence-electron chi connectivity index (χ3n) is 5.80. The summed E-state index contributed by atoms with van der Waals surface area (Å²) in [6, 6.07) is 5.73. The van der Waals surface area contributed by atoms with Crippen molar-refractivity contribution in [3.63, 3.8) is 0 Å². The summed E-state index contributed by atoms with van der Waals surface area (Å²) in [6.45, 7) is 4.24. The Kier molecular flexibility index (Phi) is 7.62. The Morgan fingerprint density at radius 3 is 2.51 bits per heavy atom. The third kappa shape index (κ3) is 5.50. The number of aromatic nitrogens is 4. The first kappa shape index (κ1) is 26.3. The number of nitrogens with one attached hydrogen (secondary N) is 2. The van der Waals surface area contributed by atoms with E-state index in [9.17, 15) is 13.2 Å². The molecular formula is C25H27FN6O4S. The number of fused-ring (bicyclic) bond motifs is 1. The maximum atomic E-state index is 15.4. The summed E-state index contributed by atoms with van der Waals surface area (Å²) in [5, 5.41) is 0.486. The Morgan fingerprint density at radius 2 is 1.84 bits per heavy atom. The number of likely N-dealkylation sites (N-methyl/N-ethyl adjacent to an activating group) is 1. The van der Waals surface area contributed by atoms with Crippen molar-refractivity contribution in [1.82, 2.24) is 24.2 Å². The van der Waals surface area contributed by atoms with E-state index in [0.717, 1.165) is 9.87 Å². The molecule has 0 aliphatic heterocycles. The second kappa shape index (κ2) is 10.7. The molecule has 3 aromatic heterocycles. The molecule has 0 radical (unpaired) electrons. The number of anilines is 1. The van der Waals surface area contributed by atoms with Crippen molar-refractivity contribution >= 4 is 32.7 Å². The number of hydrogen-bond acceptors (Lipinski definition) is 7. The SMILES string of the molecule is COCCN(C)S(=O)(=O)Nc1cccc(C(=O)c2c[nH]c3ncc(-c4cnc(C(C)C)nc4)cc23)c1F. The van der Waals surface area contributed by atoms with Crippen molar-refractivity contribution in [1.29, 1.82) is 0 Å². The van der Waals surface area contributed by atoms with Gasteiger partial charge >= 0.3 is 10.2 Å². The number of rotatable bonds is 10. The number of hydrogen-bond donors (Lipinski definition) is 2. The molecule has 3 heterocycles. The van der Waals surface area contributed by atoms with Crippen LogP contribution in [0, 0.1) is 5.82 Å². The second-order valence-corrected chi connectivity index (χ2v) is 10.5. The molecule has 0 spiro atoms. The Labute approximate surface area is 214 Å². The standard InChI is InChI=1S/C25H27FN6O4S/c1-15(2)24-27-12-17(13-28-24)16-10-19-20(14-30-25(19)29-11-16)23(33)18-6-5-7-21(22(18)26)31-37(34,35)32(3)8-9-36-4/h5-7,10-15,31H,8-9H2,1-4H3,(H,29,30). The molecule has 4 aromatic rings. The summed E-state index contributed by atoms with van der Waals surface area (Å²) in [5.74, 6) is -0.703. The molecule has 0 unspecified atom stereocenters. The van der Waals surface area contributed by atoms with E-state index in [2.05, 4.69) is 24.7 Å². The molecule has 1 aromatic carbocycles. The highest BCUT2D eigenvalue weighted by Gasteiger charge is 2.24. The van der Waals surface area contributed by atoms with Gasteiger partial charge in [0.2, 0.25) is 0 Å². The normalized spacial score (nSPS) is 12.0. The zero-order chi connectivity index (χ0) is 26.7. The molecule has 0 aliphatic carbocycles. The molecule has 0 fully saturated rings. The van der Waals surface area contributed by atoms with Crippen molar-refractivity contribution in [3.8, 4) is 11.1 Å². The van der Waals surface area contributed by atoms with E-state index in [1.807, 2.05) is 13.8 Å². The molecular weight excluding hydrogens is 499 g/mol. The molecule has 0 amide bonds. The van der Waals surface area contributed by atoms with E-state index in [1.54, 1.807) is 24.7 Å². The molecule has 0 saturated heterocycles. The predicted octanol–water partition coefficient (Wildman–Crippen LogP) is 3.75. The van der Waals surface area contributed by atoms with Crippen LogP contribution in [-0.4, -0.2) is 65.8 Å². The summed E-state index contributed by atoms with van der Waals surface area (Å²) in [6.07, 6.45) is 6.48. The fourth-order valence-electron chi connectivity index (χ4n) is 3.62. The van der Waals surface area contributed by atoms with E-state index in [0.29, 0.717) is 22.4 Å². The van der Waals surface area contributed by atoms with Gasteiger partial charge in [0.25, 0.3) is 0 Å². The van der Waals surface area contributed by atoms with E-state index < -0.39 is 21.8 Å². The van der Waals surface area contributed by atoms with Crippen LogP contribution < -0.4 is 4.72 Å². The Morgan fingerprint density at radius 1 is 1.14 bits per heavy atom. The maximum Gasteiger partial charge on any atom is 0.301 e. The largest absolute Gasteiger partial charge is 0.383 e. The number of benzene rings is 1. The summed E-state index contributed by atoms with van der Waals surface area (Å²) in [4.78, 5) is 29.5. The first-order chi connectivity index (χ1) is 17.6. The predicted molar refractivity (Wildman–Crippen MR) is 138 cm³/mol. The van der Waals surface area contributed by atoms with Crippen molar-refractivity contribution < 1.29 is 22.3 Å². The van der Waals surface area contributed by atoms with Crippen LogP contribution in [0.2, 0.25) is 0 Å². The van der Waals surface area contributed by atoms with Crippen molar-refractivity contribution in [2.24, 2.45) is 0 Å². The molecule has 194 valence electrons. The minimum atomic E-state index is -4.06. The number of carbonyl (C=O) groups is 1. The van der Waals surface area contributed by atoms with Gasteiger partial charge in [-0.25, -0.2) is 19.3 Å². The van der Waals surface area contributed by atoms with Gasteiger partial charge in [0.15, 0.2) is 11.6 Å². The van der Waals surface area contributed by atoms with Gasteiger partial charge in [-0.2, -0.15) is 12.7 Å². The number of ketones is 1. The van der Waals surface area contributed by atoms with Gasteiger partial charge in [0.1, 0.15) is 11.5 Å².